The summed E-state index contributed by atoms with van der Waals surface area (Å²) in [7, 11) is 0. The summed E-state index contributed by atoms with van der Waals surface area (Å²) in [5, 5.41) is 6.17. The lowest BCUT2D eigenvalue weighted by atomic mass is 10.1. The number of amides is 2. The van der Waals surface area contributed by atoms with Crippen molar-refractivity contribution in [1.82, 2.24) is 15.4 Å². The highest BCUT2D eigenvalue weighted by atomic mass is 19.4. The molecular formula is C24H21F4N3O4. The molecule has 0 spiro atoms. The summed E-state index contributed by atoms with van der Waals surface area (Å²) in [6.45, 7) is 0.435. The molecule has 1 saturated heterocycles. The molecule has 1 aliphatic rings. The minimum atomic E-state index is -4.45. The highest BCUT2D eigenvalue weighted by molar-refractivity contribution is 5.95. The van der Waals surface area contributed by atoms with Gasteiger partial charge in [-0.2, -0.15) is 13.2 Å². The monoisotopic (exact) mass is 491 g/mol. The second-order valence-electron chi connectivity index (χ2n) is 7.99. The zero-order valence-corrected chi connectivity index (χ0v) is 18.3. The van der Waals surface area contributed by atoms with E-state index < -0.39 is 23.5 Å². The summed E-state index contributed by atoms with van der Waals surface area (Å²) >= 11 is 0. The number of nitrogens with zero attached hydrogens (tertiary/aromatic N) is 2. The Balaban J connectivity index is 1.24. The number of hydrogen-bond donors (Lipinski definition) is 1. The number of rotatable bonds is 6. The Kier molecular flexibility index (Phi) is 7.04. The van der Waals surface area contributed by atoms with E-state index in [4.69, 9.17) is 9.26 Å². The fourth-order valence-corrected chi connectivity index (χ4v) is 3.65. The van der Waals surface area contributed by atoms with Crippen LogP contribution < -0.4 is 10.1 Å². The van der Waals surface area contributed by atoms with Crippen molar-refractivity contribution >= 4 is 11.8 Å². The standard InChI is InChI=1S/C24H21F4N3O4/c25-17-6-4-15(5-7-17)21-13-20(30-35-21)23(33)29-14-22(32)31-10-8-18(9-11-31)34-19-3-1-2-16(12-19)24(26,27)28/h1-7,12-13,18H,8-11,14H2,(H,29,33). The Hall–Kier alpha value is -3.89. The summed E-state index contributed by atoms with van der Waals surface area (Å²) in [6, 6.07) is 11.6. The number of carbonyl (C=O) groups excluding carboxylic acids is 2. The molecule has 35 heavy (non-hydrogen) atoms. The zero-order chi connectivity index (χ0) is 25.0. The summed E-state index contributed by atoms with van der Waals surface area (Å²) in [4.78, 5) is 26.4. The number of nitrogens with one attached hydrogen (secondary N) is 1. The van der Waals surface area contributed by atoms with Crippen molar-refractivity contribution in [3.05, 3.63) is 71.7 Å². The van der Waals surface area contributed by atoms with Crippen LogP contribution in [0.3, 0.4) is 0 Å². The number of likely N-dealkylation sites (tertiary alicyclic amines) is 1. The molecule has 1 N–H and O–H groups in total. The van der Waals surface area contributed by atoms with E-state index in [1.54, 1.807) is 4.90 Å². The minimum absolute atomic E-state index is 0.0229. The third-order valence-corrected chi connectivity index (χ3v) is 5.53. The highest BCUT2D eigenvalue weighted by Crippen LogP contribution is 2.32. The van der Waals surface area contributed by atoms with Gasteiger partial charge in [0.15, 0.2) is 11.5 Å². The van der Waals surface area contributed by atoms with Gasteiger partial charge < -0.3 is 19.5 Å². The molecule has 1 aromatic heterocycles. The van der Waals surface area contributed by atoms with Crippen molar-refractivity contribution in [2.24, 2.45) is 0 Å². The molecule has 4 rings (SSSR count). The number of halogens is 4. The molecule has 0 bridgehead atoms. The first-order valence-corrected chi connectivity index (χ1v) is 10.8. The maximum Gasteiger partial charge on any atom is 0.416 e. The smallest absolute Gasteiger partial charge is 0.416 e. The van der Waals surface area contributed by atoms with E-state index in [-0.39, 0.29) is 35.8 Å². The van der Waals surface area contributed by atoms with Crippen LogP contribution in [-0.4, -0.2) is 47.6 Å². The summed E-state index contributed by atoms with van der Waals surface area (Å²) in [6.07, 6.45) is -3.88. The van der Waals surface area contributed by atoms with Crippen molar-refractivity contribution in [1.29, 1.82) is 0 Å². The van der Waals surface area contributed by atoms with Crippen LogP contribution in [0.1, 0.15) is 28.9 Å². The molecule has 0 atom stereocenters. The van der Waals surface area contributed by atoms with E-state index >= 15 is 0 Å². The number of alkyl halides is 3. The van der Waals surface area contributed by atoms with Crippen LogP contribution in [0.4, 0.5) is 17.6 Å². The van der Waals surface area contributed by atoms with E-state index in [2.05, 4.69) is 10.5 Å². The maximum atomic E-state index is 13.0. The molecule has 0 aliphatic carbocycles. The summed E-state index contributed by atoms with van der Waals surface area (Å²) in [5.74, 6) is -0.902. The van der Waals surface area contributed by atoms with Gasteiger partial charge in [0.1, 0.15) is 17.7 Å². The molecule has 2 aromatic carbocycles. The average Bonchev–Trinajstić information content (AvgIpc) is 3.33. The molecular weight excluding hydrogens is 470 g/mol. The number of benzene rings is 2. The summed E-state index contributed by atoms with van der Waals surface area (Å²) < 4.78 is 62.4. The first-order valence-electron chi connectivity index (χ1n) is 10.8. The zero-order valence-electron chi connectivity index (χ0n) is 18.3. The maximum absolute atomic E-state index is 13.0. The quantitative estimate of drug-likeness (QED) is 0.520. The minimum Gasteiger partial charge on any atom is -0.490 e. The average molecular weight is 491 g/mol. The van der Waals surface area contributed by atoms with Crippen LogP contribution in [0.15, 0.2) is 59.1 Å². The second-order valence-corrected chi connectivity index (χ2v) is 7.99. The molecule has 0 radical (unpaired) electrons. The van der Waals surface area contributed by atoms with Crippen molar-refractivity contribution in [3.8, 4) is 17.1 Å². The summed E-state index contributed by atoms with van der Waals surface area (Å²) in [5.41, 5.74) is -0.259. The van der Waals surface area contributed by atoms with E-state index in [0.717, 1.165) is 12.1 Å². The normalized spacial score (nSPS) is 14.6. The molecule has 2 heterocycles. The first-order chi connectivity index (χ1) is 16.7. The third-order valence-electron chi connectivity index (χ3n) is 5.53. The van der Waals surface area contributed by atoms with Crippen molar-refractivity contribution in [2.45, 2.75) is 25.1 Å². The molecule has 0 saturated carbocycles. The van der Waals surface area contributed by atoms with Gasteiger partial charge in [0.25, 0.3) is 5.91 Å². The van der Waals surface area contributed by atoms with Gasteiger partial charge in [0.2, 0.25) is 5.91 Å². The molecule has 11 heteroatoms. The molecule has 7 nitrogen and oxygen atoms in total. The Labute approximate surface area is 197 Å². The van der Waals surface area contributed by atoms with Crippen LogP contribution >= 0.6 is 0 Å². The topological polar surface area (TPSA) is 84.7 Å². The van der Waals surface area contributed by atoms with Gasteiger partial charge >= 0.3 is 6.18 Å². The molecule has 2 amide bonds. The lowest BCUT2D eigenvalue weighted by Crippen LogP contribution is -2.46. The first kappa shape index (κ1) is 24.2. The largest absolute Gasteiger partial charge is 0.490 e. The number of ether oxygens (including phenoxy) is 1. The fourth-order valence-electron chi connectivity index (χ4n) is 3.65. The van der Waals surface area contributed by atoms with Gasteiger partial charge in [-0.25, -0.2) is 4.39 Å². The number of piperidine rings is 1. The predicted octanol–water partition coefficient (Wildman–Crippen LogP) is 4.30. The van der Waals surface area contributed by atoms with Crippen molar-refractivity contribution in [2.75, 3.05) is 19.6 Å². The molecule has 3 aromatic rings. The lowest BCUT2D eigenvalue weighted by molar-refractivity contribution is -0.138. The predicted molar refractivity (Wildman–Crippen MR) is 116 cm³/mol. The van der Waals surface area contributed by atoms with Gasteiger partial charge in [-0.3, -0.25) is 9.59 Å². The SMILES string of the molecule is O=C(NCC(=O)N1CCC(Oc2cccc(C(F)(F)F)c2)CC1)c1cc(-c2ccc(F)cc2)on1. The highest BCUT2D eigenvalue weighted by Gasteiger charge is 2.31. The van der Waals surface area contributed by atoms with E-state index in [9.17, 15) is 27.2 Å². The van der Waals surface area contributed by atoms with Crippen molar-refractivity contribution < 1.29 is 36.4 Å². The Bertz CT molecular complexity index is 1190. The number of hydrogen-bond acceptors (Lipinski definition) is 5. The van der Waals surface area contributed by atoms with Gasteiger partial charge in [-0.1, -0.05) is 11.2 Å². The second kappa shape index (κ2) is 10.2. The lowest BCUT2D eigenvalue weighted by Gasteiger charge is -2.32. The van der Waals surface area contributed by atoms with Gasteiger partial charge in [0.05, 0.1) is 12.1 Å². The Morgan fingerprint density at radius 2 is 1.80 bits per heavy atom. The van der Waals surface area contributed by atoms with Gasteiger partial charge in [-0.05, 0) is 42.5 Å². The number of carbonyl (C=O) groups is 2. The van der Waals surface area contributed by atoms with Gasteiger partial charge in [0, 0.05) is 37.6 Å². The fraction of sp³-hybridized carbons (Fsp3) is 0.292. The van der Waals surface area contributed by atoms with Crippen molar-refractivity contribution in [3.63, 3.8) is 0 Å². The molecule has 0 unspecified atom stereocenters. The van der Waals surface area contributed by atoms with Crippen LogP contribution in [0.2, 0.25) is 0 Å². The van der Waals surface area contributed by atoms with Crippen LogP contribution in [0, 0.1) is 5.82 Å². The van der Waals surface area contributed by atoms with Crippen LogP contribution in [0.5, 0.6) is 5.75 Å². The molecule has 1 aliphatic heterocycles. The van der Waals surface area contributed by atoms with Crippen LogP contribution in [-0.2, 0) is 11.0 Å². The molecule has 1 fully saturated rings. The Morgan fingerprint density at radius 3 is 2.49 bits per heavy atom. The molecule has 184 valence electrons. The van der Waals surface area contributed by atoms with Gasteiger partial charge in [-0.15, -0.1) is 0 Å². The van der Waals surface area contributed by atoms with Crippen LogP contribution in [0.25, 0.3) is 11.3 Å². The van der Waals surface area contributed by atoms with E-state index in [0.29, 0.717) is 31.5 Å². The van der Waals surface area contributed by atoms with E-state index in [1.807, 2.05) is 0 Å². The Morgan fingerprint density at radius 1 is 1.09 bits per heavy atom. The number of aromatic nitrogens is 1. The third kappa shape index (κ3) is 6.17. The van der Waals surface area contributed by atoms with E-state index in [1.165, 1.54) is 42.5 Å².